The Morgan fingerprint density at radius 2 is 2.00 bits per heavy atom. The molecule has 0 saturated carbocycles. The minimum atomic E-state index is -0.699. The first-order chi connectivity index (χ1) is 9.58. The van der Waals surface area contributed by atoms with Gasteiger partial charge in [0, 0.05) is 5.39 Å². The maximum absolute atomic E-state index is 11.9. The van der Waals surface area contributed by atoms with Crippen LogP contribution in [-0.2, 0) is 0 Å². The third kappa shape index (κ3) is 1.78. The highest BCUT2D eigenvalue weighted by Crippen LogP contribution is 2.18. The molecule has 0 amide bonds. The summed E-state index contributed by atoms with van der Waals surface area (Å²) in [5, 5.41) is 10.8. The molecule has 2 N–H and O–H groups in total. The van der Waals surface area contributed by atoms with Gasteiger partial charge >= 0.3 is 5.69 Å². The lowest BCUT2D eigenvalue weighted by atomic mass is 10.2. The lowest BCUT2D eigenvalue weighted by molar-refractivity contribution is 0.426. The zero-order valence-electron chi connectivity index (χ0n) is 10.6. The van der Waals surface area contributed by atoms with Gasteiger partial charge in [0.15, 0.2) is 0 Å². The van der Waals surface area contributed by atoms with E-state index in [1.807, 2.05) is 24.3 Å². The van der Waals surface area contributed by atoms with Gasteiger partial charge in [-0.1, -0.05) is 18.2 Å². The molecule has 3 rings (SSSR count). The van der Waals surface area contributed by atoms with E-state index in [0.717, 1.165) is 15.5 Å². The van der Waals surface area contributed by atoms with Gasteiger partial charge in [-0.25, -0.2) is 9.36 Å². The van der Waals surface area contributed by atoms with Gasteiger partial charge in [0.25, 0.3) is 5.56 Å². The summed E-state index contributed by atoms with van der Waals surface area (Å²) >= 11 is 0. The van der Waals surface area contributed by atoms with Gasteiger partial charge in [0.2, 0.25) is 5.88 Å². The smallest absolute Gasteiger partial charge is 0.335 e. The van der Waals surface area contributed by atoms with Crippen molar-refractivity contribution in [1.29, 1.82) is 0 Å². The van der Waals surface area contributed by atoms with Crippen molar-refractivity contribution in [2.24, 2.45) is 0 Å². The van der Waals surface area contributed by atoms with Crippen molar-refractivity contribution < 1.29 is 5.11 Å². The van der Waals surface area contributed by atoms with E-state index in [1.165, 1.54) is 13.1 Å². The topological polar surface area (TPSA) is 88.0 Å². The number of nitrogens with one attached hydrogen (secondary N) is 1. The van der Waals surface area contributed by atoms with Gasteiger partial charge in [-0.15, -0.1) is 0 Å². The number of hydrogen-bond acceptors (Lipinski definition) is 4. The first kappa shape index (κ1) is 12.2. The summed E-state index contributed by atoms with van der Waals surface area (Å²) in [6.07, 6.45) is 1.47. The molecular formula is C14H11N3O3. The van der Waals surface area contributed by atoms with Crippen LogP contribution in [0.2, 0.25) is 0 Å². The van der Waals surface area contributed by atoms with E-state index in [1.54, 1.807) is 6.07 Å². The van der Waals surface area contributed by atoms with Gasteiger partial charge in [-0.05, 0) is 19.1 Å². The molecule has 0 fully saturated rings. The molecule has 0 aliphatic heterocycles. The number of para-hydroxylation sites is 1. The zero-order valence-corrected chi connectivity index (χ0v) is 10.6. The van der Waals surface area contributed by atoms with Crippen molar-refractivity contribution in [2.75, 3.05) is 0 Å². The van der Waals surface area contributed by atoms with Crippen LogP contribution < -0.4 is 11.2 Å². The molecule has 6 heteroatoms. The summed E-state index contributed by atoms with van der Waals surface area (Å²) in [6.45, 7) is 1.44. The van der Waals surface area contributed by atoms with Crippen LogP contribution >= 0.6 is 0 Å². The predicted molar refractivity (Wildman–Crippen MR) is 74.4 cm³/mol. The average molecular weight is 269 g/mol. The van der Waals surface area contributed by atoms with Gasteiger partial charge in [-0.2, -0.15) is 0 Å². The lowest BCUT2D eigenvalue weighted by Crippen LogP contribution is -2.30. The number of aromatic nitrogens is 3. The molecule has 0 radical (unpaired) electrons. The van der Waals surface area contributed by atoms with Crippen molar-refractivity contribution in [1.82, 2.24) is 14.5 Å². The number of pyridine rings is 1. The van der Waals surface area contributed by atoms with E-state index < -0.39 is 11.2 Å². The number of fused-ring (bicyclic) bond motifs is 1. The quantitative estimate of drug-likeness (QED) is 0.692. The van der Waals surface area contributed by atoms with Gasteiger partial charge < -0.3 is 5.11 Å². The van der Waals surface area contributed by atoms with E-state index in [-0.39, 0.29) is 11.4 Å². The highest BCUT2D eigenvalue weighted by Gasteiger charge is 2.12. The fourth-order valence-electron chi connectivity index (χ4n) is 2.03. The van der Waals surface area contributed by atoms with Crippen molar-refractivity contribution in [3.05, 3.63) is 62.9 Å². The number of aromatic hydroxyl groups is 1. The van der Waals surface area contributed by atoms with Crippen molar-refractivity contribution in [3.8, 4) is 11.6 Å². The van der Waals surface area contributed by atoms with Gasteiger partial charge in [0.1, 0.15) is 0 Å². The zero-order chi connectivity index (χ0) is 14.3. The molecule has 1 aromatic carbocycles. The maximum atomic E-state index is 11.9. The summed E-state index contributed by atoms with van der Waals surface area (Å²) in [6, 6.07) is 9.14. The first-order valence-corrected chi connectivity index (χ1v) is 5.98. The standard InChI is InChI=1S/C14H11N3O3/c1-8-12(18)16-14(20)17(13(8)19)10-6-9-4-2-3-5-11(9)15-7-10/h2-7,19H,1H3,(H,16,18,20). The number of rotatable bonds is 1. The molecule has 100 valence electrons. The minimum absolute atomic E-state index is 0.0813. The largest absolute Gasteiger partial charge is 0.494 e. The van der Waals surface area contributed by atoms with Crippen LogP contribution in [-0.4, -0.2) is 19.6 Å². The van der Waals surface area contributed by atoms with Crippen LogP contribution in [0.5, 0.6) is 5.88 Å². The Morgan fingerprint density at radius 1 is 1.25 bits per heavy atom. The maximum Gasteiger partial charge on any atom is 0.335 e. The number of benzene rings is 1. The van der Waals surface area contributed by atoms with Crippen LogP contribution in [0.25, 0.3) is 16.6 Å². The third-order valence-corrected chi connectivity index (χ3v) is 3.15. The number of aromatic amines is 1. The Balaban J connectivity index is 2.34. The Morgan fingerprint density at radius 3 is 2.80 bits per heavy atom. The van der Waals surface area contributed by atoms with Crippen molar-refractivity contribution >= 4 is 10.9 Å². The highest BCUT2D eigenvalue weighted by atomic mass is 16.3. The van der Waals surface area contributed by atoms with E-state index >= 15 is 0 Å². The number of nitrogens with zero attached hydrogens (tertiary/aromatic N) is 2. The second-order valence-electron chi connectivity index (χ2n) is 4.43. The number of hydrogen-bond donors (Lipinski definition) is 2. The Bertz CT molecular complexity index is 925. The van der Waals surface area contributed by atoms with Crippen LogP contribution in [0.4, 0.5) is 0 Å². The Labute approximate surface area is 113 Å². The molecule has 3 aromatic rings. The fraction of sp³-hybridized carbons (Fsp3) is 0.0714. The van der Waals surface area contributed by atoms with Crippen molar-refractivity contribution in [2.45, 2.75) is 6.92 Å². The first-order valence-electron chi connectivity index (χ1n) is 5.98. The van der Waals surface area contributed by atoms with Crippen LogP contribution in [0, 0.1) is 6.92 Å². The molecule has 2 aromatic heterocycles. The summed E-state index contributed by atoms with van der Waals surface area (Å²) < 4.78 is 1.02. The van der Waals surface area contributed by atoms with Crippen LogP contribution in [0.1, 0.15) is 5.56 Å². The monoisotopic (exact) mass is 269 g/mol. The molecule has 20 heavy (non-hydrogen) atoms. The van der Waals surface area contributed by atoms with Gasteiger partial charge in [-0.3, -0.25) is 14.8 Å². The molecule has 0 atom stereocenters. The SMILES string of the molecule is Cc1c(O)n(-c2cnc3ccccc3c2)c(=O)[nH]c1=O. The molecule has 0 unspecified atom stereocenters. The molecule has 0 aliphatic carbocycles. The normalized spacial score (nSPS) is 10.8. The van der Waals surface area contributed by atoms with E-state index in [9.17, 15) is 14.7 Å². The molecule has 0 aliphatic rings. The average Bonchev–Trinajstić information content (AvgIpc) is 2.45. The Hall–Kier alpha value is -2.89. The summed E-state index contributed by atoms with van der Waals surface area (Å²) in [5.41, 5.74) is -0.0408. The third-order valence-electron chi connectivity index (χ3n) is 3.15. The molecule has 2 heterocycles. The van der Waals surface area contributed by atoms with E-state index in [0.29, 0.717) is 5.69 Å². The van der Waals surface area contributed by atoms with E-state index in [2.05, 4.69) is 9.97 Å². The van der Waals surface area contributed by atoms with Crippen molar-refractivity contribution in [3.63, 3.8) is 0 Å². The summed E-state index contributed by atoms with van der Waals surface area (Å²) in [4.78, 5) is 29.7. The number of H-pyrrole nitrogens is 1. The Kier molecular flexibility index (Phi) is 2.64. The van der Waals surface area contributed by atoms with Crippen LogP contribution in [0.3, 0.4) is 0 Å². The molecular weight excluding hydrogens is 258 g/mol. The molecule has 6 nitrogen and oxygen atoms in total. The summed E-state index contributed by atoms with van der Waals surface area (Å²) in [7, 11) is 0. The van der Waals surface area contributed by atoms with Gasteiger partial charge in [0.05, 0.1) is 23.0 Å². The second kappa shape index (κ2) is 4.34. The molecule has 0 bridgehead atoms. The van der Waals surface area contributed by atoms with Crippen LogP contribution in [0.15, 0.2) is 46.1 Å². The van der Waals surface area contributed by atoms with E-state index in [4.69, 9.17) is 0 Å². The second-order valence-corrected chi connectivity index (χ2v) is 4.43. The summed E-state index contributed by atoms with van der Waals surface area (Å²) in [5.74, 6) is -0.379. The minimum Gasteiger partial charge on any atom is -0.494 e. The molecule has 0 spiro atoms. The fourth-order valence-corrected chi connectivity index (χ4v) is 2.03. The highest BCUT2D eigenvalue weighted by molar-refractivity contribution is 5.80. The lowest BCUT2D eigenvalue weighted by Gasteiger charge is -2.09. The predicted octanol–water partition coefficient (Wildman–Crippen LogP) is 1.09. The molecule has 0 saturated heterocycles.